The van der Waals surface area contributed by atoms with Crippen molar-refractivity contribution in [2.45, 2.75) is 122 Å². The van der Waals surface area contributed by atoms with Gasteiger partial charge in [-0.3, -0.25) is 4.79 Å². The molecule has 744 valence electrons. The smallest absolute Gasteiger partial charge is 0.508 e. The topological polar surface area (TPSA) is 366 Å². The Balaban J connectivity index is 0.000000206. The molecule has 0 aliphatic rings. The summed E-state index contributed by atoms with van der Waals surface area (Å²) in [6.07, 6.45) is 0. The molecular formula is C111H114BF3O26S. The van der Waals surface area contributed by atoms with Crippen molar-refractivity contribution in [3.05, 3.63) is 345 Å². The molecule has 0 amide bonds. The Kier molecular flexibility index (Phi) is 43.3. The molecule has 26 nitrogen and oxygen atoms in total. The molecule has 0 spiro atoms. The second-order valence-electron chi connectivity index (χ2n) is 31.1. The third-order valence-electron chi connectivity index (χ3n) is 20.3. The average Bonchev–Trinajstić information content (AvgIpc) is 0.780. The van der Waals surface area contributed by atoms with Crippen molar-refractivity contribution in [3.8, 4) is 46.0 Å². The van der Waals surface area contributed by atoms with Gasteiger partial charge in [0.25, 0.3) is 0 Å². The summed E-state index contributed by atoms with van der Waals surface area (Å²) in [6.45, 7) is 29.2. The number of carbonyl (C=O) groups is 7. The lowest BCUT2D eigenvalue weighted by Gasteiger charge is -2.14. The molecule has 0 unspecified atom stereocenters. The molecule has 142 heavy (non-hydrogen) atoms. The molecule has 0 heterocycles. The van der Waals surface area contributed by atoms with Crippen LogP contribution in [0.5, 0.6) is 46.0 Å². The van der Waals surface area contributed by atoms with Gasteiger partial charge in [-0.2, -0.15) is 21.6 Å². The number of carboxylic acids is 1. The maximum atomic E-state index is 12.8. The van der Waals surface area contributed by atoms with Gasteiger partial charge < -0.3 is 81.7 Å². The van der Waals surface area contributed by atoms with E-state index in [-0.39, 0.29) is 71.5 Å². The molecule has 0 saturated heterocycles. The van der Waals surface area contributed by atoms with E-state index in [1.165, 1.54) is 44.1 Å². The second kappa shape index (κ2) is 55.2. The number of benzene rings is 15. The fraction of sp³-hybridized carbons (Fsp3) is 0.234. The van der Waals surface area contributed by atoms with Gasteiger partial charge in [0.05, 0.1) is 86.2 Å². The number of halogens is 3. The maximum absolute atomic E-state index is 12.8. The summed E-state index contributed by atoms with van der Waals surface area (Å²) in [5, 5.41) is 53.5. The van der Waals surface area contributed by atoms with Crippen molar-refractivity contribution in [2.75, 3.05) is 52.9 Å². The monoisotopic (exact) mass is 1960 g/mol. The molecule has 0 radical (unpaired) electrons. The number of alkyl halides is 3. The molecule has 15 rings (SSSR count). The van der Waals surface area contributed by atoms with E-state index in [9.17, 15) is 65.4 Å². The first-order valence-corrected chi connectivity index (χ1v) is 46.8. The minimum Gasteiger partial charge on any atom is -0.508 e. The molecule has 0 aliphatic heterocycles. The Hall–Kier alpha value is -15.7. The molecule has 15 aromatic carbocycles. The van der Waals surface area contributed by atoms with Crippen LogP contribution in [0, 0.1) is 27.7 Å². The van der Waals surface area contributed by atoms with E-state index in [0.717, 1.165) is 111 Å². The summed E-state index contributed by atoms with van der Waals surface area (Å²) in [5.41, 5.74) is 3.65. The highest BCUT2D eigenvalue weighted by molar-refractivity contribution is 7.88. The number of fused-ring (bicyclic) bond motifs is 6. The first kappa shape index (κ1) is 112. The molecule has 31 heteroatoms. The third kappa shape index (κ3) is 34.1. The highest BCUT2D eigenvalue weighted by Crippen LogP contribution is 2.38. The van der Waals surface area contributed by atoms with Crippen LogP contribution in [0.15, 0.2) is 273 Å². The zero-order valence-electron chi connectivity index (χ0n) is 81.2. The minimum atomic E-state index is -5.94. The number of aryl methyl sites for hydroxylation is 4. The first-order valence-electron chi connectivity index (χ1n) is 45.4. The highest BCUT2D eigenvalue weighted by Gasteiger charge is 2.49. The highest BCUT2D eigenvalue weighted by atomic mass is 32.2. The first-order chi connectivity index (χ1) is 67.8. The fourth-order valence-corrected chi connectivity index (χ4v) is 14.5. The molecule has 0 aromatic heterocycles. The molecule has 0 saturated carbocycles. The van der Waals surface area contributed by atoms with E-state index < -0.39 is 46.4 Å². The van der Waals surface area contributed by atoms with Crippen molar-refractivity contribution in [2.24, 2.45) is 0 Å². The predicted molar refractivity (Wildman–Crippen MR) is 541 cm³/mol. The molecule has 0 atom stereocenters. The number of hydrogen-bond donors (Lipinski definition) is 5. The lowest BCUT2D eigenvalue weighted by Crippen LogP contribution is -2.28. The van der Waals surface area contributed by atoms with Crippen molar-refractivity contribution < 1.29 is 137 Å². The van der Waals surface area contributed by atoms with Gasteiger partial charge in [-0.15, -0.1) is 0 Å². The van der Waals surface area contributed by atoms with E-state index in [4.69, 9.17) is 62.5 Å². The van der Waals surface area contributed by atoms with Gasteiger partial charge in [0.15, 0.2) is 5.75 Å². The van der Waals surface area contributed by atoms with E-state index >= 15 is 0 Å². The van der Waals surface area contributed by atoms with Crippen molar-refractivity contribution >= 4 is 124 Å². The minimum absolute atomic E-state index is 0.0220. The van der Waals surface area contributed by atoms with Gasteiger partial charge >= 0.3 is 64.5 Å². The van der Waals surface area contributed by atoms with E-state index in [2.05, 4.69) is 8.92 Å². The van der Waals surface area contributed by atoms with Crippen molar-refractivity contribution in [1.29, 1.82) is 0 Å². The second-order valence-corrected chi connectivity index (χ2v) is 32.6. The zero-order valence-corrected chi connectivity index (χ0v) is 82.0. The Labute approximate surface area is 822 Å². The van der Waals surface area contributed by atoms with Crippen LogP contribution in [0.2, 0.25) is 6.82 Å². The van der Waals surface area contributed by atoms with E-state index in [1.54, 1.807) is 102 Å². The number of phenols is 2. The number of carboxylic acid groups (broad SMARTS) is 1. The predicted octanol–water partition coefficient (Wildman–Crippen LogP) is 23.7. The Morgan fingerprint density at radius 1 is 0.317 bits per heavy atom. The molecule has 0 fully saturated rings. The van der Waals surface area contributed by atoms with Crippen molar-refractivity contribution in [3.63, 3.8) is 0 Å². The number of rotatable bonds is 27. The van der Waals surface area contributed by atoms with Crippen LogP contribution in [0.4, 0.5) is 13.2 Å². The van der Waals surface area contributed by atoms with Gasteiger partial charge in [-0.05, 0) is 340 Å². The summed E-state index contributed by atoms with van der Waals surface area (Å²) in [7, 11) is -7.10. The Morgan fingerprint density at radius 3 is 0.873 bits per heavy atom. The summed E-state index contributed by atoms with van der Waals surface area (Å²) in [6, 6.07) is 81.3. The number of hydrogen-bond acceptors (Lipinski definition) is 25. The number of ether oxygens (including phenoxy) is 11. The summed E-state index contributed by atoms with van der Waals surface area (Å²) in [5.74, 6) is -0.324. The Morgan fingerprint density at radius 2 is 0.577 bits per heavy atom. The summed E-state index contributed by atoms with van der Waals surface area (Å²) < 4.78 is 123. The van der Waals surface area contributed by atoms with Crippen LogP contribution in [0.3, 0.4) is 0 Å². The van der Waals surface area contributed by atoms with Gasteiger partial charge in [-0.25, -0.2) is 28.8 Å². The van der Waals surface area contributed by atoms with Crippen LogP contribution >= 0.6 is 0 Å². The van der Waals surface area contributed by atoms with Crippen LogP contribution < -0.4 is 27.9 Å². The number of phenolic OH excluding ortho intramolecular Hbond substituents is 2. The van der Waals surface area contributed by atoms with Crippen molar-refractivity contribution in [1.82, 2.24) is 0 Å². The van der Waals surface area contributed by atoms with Gasteiger partial charge in [0.1, 0.15) is 60.1 Å². The van der Waals surface area contributed by atoms with Crippen LogP contribution in [0.1, 0.15) is 163 Å². The molecule has 0 bridgehead atoms. The summed E-state index contributed by atoms with van der Waals surface area (Å²) >= 11 is 0. The fourth-order valence-electron chi connectivity index (χ4n) is 14.0. The van der Waals surface area contributed by atoms with Gasteiger partial charge in [0.2, 0.25) is 0 Å². The van der Waals surface area contributed by atoms with E-state index in [0.29, 0.717) is 97.6 Å². The summed E-state index contributed by atoms with van der Waals surface area (Å²) in [4.78, 5) is 80.2. The molecule has 5 N–H and O–H groups in total. The SMILES string of the molecule is CB(O)O.CCOC(=O)c1cc(C)c2ccc(O)cc2c1.CCOC(=O)c1cc(C)c2ccc(OCC)cc2c1.CCOC(=O)c1cc(C)c2ccc(OCc3ccccc3)cc2c1.CCOC(=O)c1cc(O)c2ccc(OCc3ccccc3)cc2c1.CCOC(=O)c1cc(OS(=O)(=O)C(F)(F)F)c2ccc(OCc3ccccc3)cc2c1.CCOC(C)=O.CCOc1ccc2c(C)cc(C(=O)O)cc2c1. The van der Waals surface area contributed by atoms with Crippen LogP contribution in [-0.4, -0.2) is 141 Å². The maximum Gasteiger partial charge on any atom is 0.534 e. The number of aromatic hydroxyl groups is 2. The van der Waals surface area contributed by atoms with Gasteiger partial charge in [-0.1, -0.05) is 115 Å². The molecule has 15 aromatic rings. The van der Waals surface area contributed by atoms with Gasteiger partial charge in [0, 0.05) is 17.7 Å². The van der Waals surface area contributed by atoms with Crippen LogP contribution in [0.25, 0.3) is 64.6 Å². The quantitative estimate of drug-likeness (QED) is 0.0105. The normalized spacial score (nSPS) is 10.6. The number of esters is 6. The zero-order chi connectivity index (χ0) is 104. The lowest BCUT2D eigenvalue weighted by molar-refractivity contribution is -0.140. The molecular weight excluding hydrogens is 1850 g/mol. The molecule has 0 aliphatic carbocycles. The number of aromatic carboxylic acids is 1. The lowest BCUT2D eigenvalue weighted by atomic mass is 9.99. The standard InChI is InChI=1S/C21H17F3O6S.C21H20O3.C20H18O4.C16H18O3.2C14H14O3.C4H8O2.CH5BO2/c1-2-28-20(25)16-10-15-11-17(29-13-14-6-4-3-5-7-14)8-9-18(15)19(12-16)30-31(26,27)21(22,23)24;1-3-23-21(22)18-11-15(2)20-10-9-19(13-17(20)12-18)24-14-16-7-5-4-6-8-16;1-2-23-20(22)16-10-15-11-17(8-9-18(15)19(21)12-16)24-13-14-6-4-3-5-7-14;1-4-18-14-6-7-15-11(3)8-13(9-12(15)10-14)16(17)19-5-2;1-3-17-12-4-5-13-9(2)6-11(14(15)16)7-10(13)8-12;1-3-17-14(16)11-6-9(2)13-5-4-12(15)8-10(13)7-11;1-3-6-4(2)5;1-2(3)4/h3-12H,2,13H2,1H3;4-13H,3,14H2,1-2H3;3-12,21H,2,13H2,1H3;6-10H,4-5H2,1-3H3;4-8H,3H2,1-2H3,(H,15,16);4-8,15H,3H2,1-2H3;3H2,1-2H3;3-4H,1H3. The Bertz CT molecular complexity index is 6790. The van der Waals surface area contributed by atoms with Crippen LogP contribution in [-0.2, 0) is 63.2 Å². The van der Waals surface area contributed by atoms with E-state index in [1.807, 2.05) is 217 Å². The average molecular weight is 1960 g/mol. The third-order valence-corrected chi connectivity index (χ3v) is 21.3. The largest absolute Gasteiger partial charge is 0.534 e. The number of carbonyl (C=O) groups excluding carboxylic acids is 6.